The Morgan fingerprint density at radius 3 is 1.60 bits per heavy atom. The first-order chi connectivity index (χ1) is 24.7. The smallest absolute Gasteiger partial charge is 0.407 e. The first-order valence-electron chi connectivity index (χ1n) is 17.3. The molecule has 2 saturated heterocycles. The third-order valence-electron chi connectivity index (χ3n) is 7.53. The summed E-state index contributed by atoms with van der Waals surface area (Å²) < 4.78 is 10.3. The zero-order valence-electron chi connectivity index (χ0n) is 31.5. The summed E-state index contributed by atoms with van der Waals surface area (Å²) >= 11 is 5.52. The average molecular weight is 767 g/mol. The molecule has 7 N–H and O–H groups in total. The van der Waals surface area contributed by atoms with Crippen LogP contribution in [0.2, 0.25) is 5.02 Å². The maximum Gasteiger partial charge on any atom is 0.407 e. The van der Waals surface area contributed by atoms with Crippen LogP contribution in [0.1, 0.15) is 41.5 Å². The van der Waals surface area contributed by atoms with Gasteiger partial charge in [-0.25, -0.2) is 9.59 Å². The minimum atomic E-state index is -0.550. The van der Waals surface area contributed by atoms with E-state index < -0.39 is 27.1 Å². The molecular formula is C34H55ClN10O8. The van der Waals surface area contributed by atoms with E-state index in [0.717, 1.165) is 71.1 Å². The molecule has 0 radical (unpaired) electrons. The molecule has 2 aromatic carbocycles. The molecule has 2 heterocycles. The van der Waals surface area contributed by atoms with Gasteiger partial charge in [-0.05, 0) is 65.8 Å². The number of carbonyl (C=O) groups excluding carboxylic acids is 2. The number of benzene rings is 2. The van der Waals surface area contributed by atoms with Crippen LogP contribution in [0, 0.1) is 20.2 Å². The van der Waals surface area contributed by atoms with Crippen LogP contribution in [0.4, 0.5) is 38.0 Å². The van der Waals surface area contributed by atoms with Gasteiger partial charge >= 0.3 is 12.2 Å². The molecule has 18 nitrogen and oxygen atoms in total. The van der Waals surface area contributed by atoms with Crippen molar-refractivity contribution in [2.75, 3.05) is 94.9 Å². The number of rotatable bonds is 9. The summed E-state index contributed by atoms with van der Waals surface area (Å²) in [5.74, 6) is 0. The number of amides is 2. The fourth-order valence-corrected chi connectivity index (χ4v) is 5.20. The standard InChI is InChI=1S/C17H27N5O4.C11H23N3O2.C6H5ClN2O2/c1-17(2,3)26-16(23)19-6-7-20-8-10-21(11-9-20)13-4-5-15(22(24)25)14(18)12-13;1-11(2,3)16-10(15)13-6-9-14-7-4-12-5-8-14;7-4-1-2-6(9(10)11)5(8)3-4/h4-5,12H,6-11,18H2,1-3H3,(H,19,23);12H,4-9H2,1-3H3,(H,13,15);1-3H,8H2. The summed E-state index contributed by atoms with van der Waals surface area (Å²) in [6.07, 6.45) is -0.736. The van der Waals surface area contributed by atoms with Crippen molar-refractivity contribution >= 4 is 52.2 Å². The van der Waals surface area contributed by atoms with Crippen LogP contribution in [-0.4, -0.2) is 122 Å². The lowest BCUT2D eigenvalue weighted by Crippen LogP contribution is -2.48. The zero-order valence-corrected chi connectivity index (χ0v) is 32.2. The van der Waals surface area contributed by atoms with Crippen molar-refractivity contribution in [1.82, 2.24) is 25.8 Å². The van der Waals surface area contributed by atoms with Crippen LogP contribution >= 0.6 is 11.6 Å². The molecule has 19 heteroatoms. The van der Waals surface area contributed by atoms with Gasteiger partial charge in [0.25, 0.3) is 11.4 Å². The Hall–Kier alpha value is -4.65. The van der Waals surface area contributed by atoms with Gasteiger partial charge < -0.3 is 41.8 Å². The molecule has 2 aromatic rings. The van der Waals surface area contributed by atoms with E-state index in [9.17, 15) is 29.8 Å². The molecule has 0 spiro atoms. The van der Waals surface area contributed by atoms with Crippen LogP contribution in [0.5, 0.6) is 0 Å². The van der Waals surface area contributed by atoms with E-state index in [1.807, 2.05) is 41.5 Å². The molecule has 2 fully saturated rings. The first kappa shape index (κ1) is 44.5. The largest absolute Gasteiger partial charge is 0.444 e. The second-order valence-corrected chi connectivity index (χ2v) is 14.7. The highest BCUT2D eigenvalue weighted by molar-refractivity contribution is 6.30. The number of alkyl carbamates (subject to hydrolysis) is 2. The van der Waals surface area contributed by atoms with Gasteiger partial charge in [0.15, 0.2) is 0 Å². The highest BCUT2D eigenvalue weighted by atomic mass is 35.5. The van der Waals surface area contributed by atoms with E-state index in [1.165, 1.54) is 24.3 Å². The van der Waals surface area contributed by atoms with E-state index in [1.54, 1.807) is 12.1 Å². The topological polar surface area (TPSA) is 237 Å². The predicted molar refractivity (Wildman–Crippen MR) is 206 cm³/mol. The number of halogens is 1. The van der Waals surface area contributed by atoms with Gasteiger partial charge in [0, 0.05) is 101 Å². The van der Waals surface area contributed by atoms with E-state index in [-0.39, 0.29) is 28.8 Å². The van der Waals surface area contributed by atoms with Gasteiger partial charge in [-0.2, -0.15) is 0 Å². The summed E-state index contributed by atoms with van der Waals surface area (Å²) in [6, 6.07) is 8.88. The minimum absolute atomic E-state index is 0.0689. The lowest BCUT2D eigenvalue weighted by molar-refractivity contribution is -0.384. The van der Waals surface area contributed by atoms with E-state index in [4.69, 9.17) is 32.5 Å². The molecule has 2 amide bonds. The second kappa shape index (κ2) is 21.2. The van der Waals surface area contributed by atoms with Gasteiger partial charge in [0.1, 0.15) is 22.6 Å². The van der Waals surface area contributed by atoms with E-state index in [2.05, 4.69) is 30.7 Å². The molecule has 2 aliphatic heterocycles. The van der Waals surface area contributed by atoms with Crippen molar-refractivity contribution in [1.29, 1.82) is 0 Å². The van der Waals surface area contributed by atoms with Gasteiger partial charge in [-0.1, -0.05) is 11.6 Å². The van der Waals surface area contributed by atoms with Gasteiger partial charge in [-0.15, -0.1) is 0 Å². The molecular weight excluding hydrogens is 712 g/mol. The Morgan fingerprint density at radius 1 is 0.755 bits per heavy atom. The van der Waals surface area contributed by atoms with Gasteiger partial charge in [0.2, 0.25) is 0 Å². The number of hydrogen-bond donors (Lipinski definition) is 5. The number of ether oxygens (including phenoxy) is 2. The molecule has 0 aliphatic carbocycles. The van der Waals surface area contributed by atoms with Gasteiger partial charge in [0.05, 0.1) is 9.85 Å². The van der Waals surface area contributed by atoms with Crippen LogP contribution < -0.4 is 32.3 Å². The molecule has 53 heavy (non-hydrogen) atoms. The second-order valence-electron chi connectivity index (χ2n) is 14.2. The van der Waals surface area contributed by atoms with Gasteiger partial charge in [-0.3, -0.25) is 30.0 Å². The molecule has 4 rings (SSSR count). The fourth-order valence-electron chi connectivity index (χ4n) is 5.02. The molecule has 0 aromatic heterocycles. The molecule has 0 atom stereocenters. The fraction of sp³-hybridized carbons (Fsp3) is 0.588. The quantitative estimate of drug-likeness (QED) is 0.137. The Kier molecular flexibility index (Phi) is 17.8. The van der Waals surface area contributed by atoms with Crippen molar-refractivity contribution in [2.24, 2.45) is 0 Å². The number of nitrogens with two attached hydrogens (primary N) is 2. The molecule has 0 bridgehead atoms. The number of nitrogen functional groups attached to an aromatic ring is 2. The summed E-state index contributed by atoms with van der Waals surface area (Å²) in [4.78, 5) is 49.7. The van der Waals surface area contributed by atoms with Crippen molar-refractivity contribution in [2.45, 2.75) is 52.7 Å². The number of hydrogen-bond acceptors (Lipinski definition) is 14. The number of nitro groups is 2. The Labute approximate surface area is 315 Å². The molecule has 2 aliphatic rings. The summed E-state index contributed by atoms with van der Waals surface area (Å²) in [6.45, 7) is 21.3. The summed E-state index contributed by atoms with van der Waals surface area (Å²) in [5, 5.41) is 30.3. The molecule has 0 saturated carbocycles. The minimum Gasteiger partial charge on any atom is -0.444 e. The molecule has 0 unspecified atom stereocenters. The maximum atomic E-state index is 11.6. The average Bonchev–Trinajstić information content (AvgIpc) is 3.04. The van der Waals surface area contributed by atoms with Crippen molar-refractivity contribution < 1.29 is 28.9 Å². The Bertz CT molecular complexity index is 1510. The predicted octanol–water partition coefficient (Wildman–Crippen LogP) is 4.07. The van der Waals surface area contributed by atoms with Crippen molar-refractivity contribution in [3.63, 3.8) is 0 Å². The maximum absolute atomic E-state index is 11.6. The summed E-state index contributed by atoms with van der Waals surface area (Å²) in [7, 11) is 0. The number of anilines is 3. The number of piperazine rings is 2. The molecule has 296 valence electrons. The summed E-state index contributed by atoms with van der Waals surface area (Å²) in [5.41, 5.74) is 11.1. The lowest BCUT2D eigenvalue weighted by atomic mass is 10.2. The van der Waals surface area contributed by atoms with E-state index in [0.29, 0.717) is 18.1 Å². The first-order valence-corrected chi connectivity index (χ1v) is 17.7. The third kappa shape index (κ3) is 18.1. The van der Waals surface area contributed by atoms with Crippen molar-refractivity contribution in [3.8, 4) is 0 Å². The zero-order chi connectivity index (χ0) is 39.8. The highest BCUT2D eigenvalue weighted by Crippen LogP contribution is 2.27. The monoisotopic (exact) mass is 766 g/mol. The normalized spacial score (nSPS) is 15.1. The highest BCUT2D eigenvalue weighted by Gasteiger charge is 2.21. The number of nitro benzene ring substituents is 2. The van der Waals surface area contributed by atoms with Crippen LogP contribution in [-0.2, 0) is 9.47 Å². The SMILES string of the molecule is CC(C)(C)OC(=O)NCCN1CCN(c2ccc([N+](=O)[O-])c(N)c2)CC1.CC(C)(C)OC(=O)NCCN1CCNCC1.Nc1cc(Cl)ccc1[N+](=O)[O-]. The van der Waals surface area contributed by atoms with Crippen LogP contribution in [0.25, 0.3) is 0 Å². The number of nitrogens with one attached hydrogen (secondary N) is 3. The lowest BCUT2D eigenvalue weighted by Gasteiger charge is -2.36. The van der Waals surface area contributed by atoms with Crippen LogP contribution in [0.3, 0.4) is 0 Å². The Morgan fingerprint density at radius 2 is 1.19 bits per heavy atom. The van der Waals surface area contributed by atoms with Crippen molar-refractivity contribution in [3.05, 3.63) is 61.6 Å². The number of nitrogens with zero attached hydrogens (tertiary/aromatic N) is 5. The van der Waals surface area contributed by atoms with Crippen LogP contribution in [0.15, 0.2) is 36.4 Å². The Balaban J connectivity index is 0.000000305. The third-order valence-corrected chi connectivity index (χ3v) is 7.77. The van der Waals surface area contributed by atoms with E-state index >= 15 is 0 Å². The number of carbonyl (C=O) groups is 2.